The normalized spacial score (nSPS) is 12.0. The molecule has 0 saturated carbocycles. The summed E-state index contributed by atoms with van der Waals surface area (Å²) in [4.78, 5) is 13.6. The summed E-state index contributed by atoms with van der Waals surface area (Å²) in [5.74, 6) is 1.43. The van der Waals surface area contributed by atoms with E-state index in [0.29, 0.717) is 18.3 Å². The number of hydrogen-bond donors (Lipinski definition) is 3. The molecule has 140 valence electrons. The second-order valence-corrected chi connectivity index (χ2v) is 6.69. The highest BCUT2D eigenvalue weighted by Crippen LogP contribution is 2.21. The number of rotatable bonds is 8. The fourth-order valence-electron chi connectivity index (χ4n) is 2.63. The molecule has 6 nitrogen and oxygen atoms in total. The van der Waals surface area contributed by atoms with Crippen LogP contribution in [-0.4, -0.2) is 32.7 Å². The molecule has 6 heteroatoms. The molecule has 3 rings (SSSR count). The van der Waals surface area contributed by atoms with E-state index in [1.165, 1.54) is 5.56 Å². The Hall–Kier alpha value is -2.99. The van der Waals surface area contributed by atoms with Crippen molar-refractivity contribution in [3.05, 3.63) is 66.4 Å². The standard InChI is InChI=1S/C21H25N5O/c1-15(2)19(14-27)25-21-24-18(17-10-6-7-11-22-17)12-20(26-21)23-13-16-8-4-3-5-9-16/h3-12,15,19,27H,13-14H2,1-2H3,(H2,23,24,25,26)/t19-/m0/s1. The topological polar surface area (TPSA) is 83.0 Å². The molecule has 0 spiro atoms. The lowest BCUT2D eigenvalue weighted by atomic mass is 10.1. The van der Waals surface area contributed by atoms with Gasteiger partial charge in [-0.3, -0.25) is 4.98 Å². The van der Waals surface area contributed by atoms with Crippen LogP contribution in [0.15, 0.2) is 60.8 Å². The van der Waals surface area contributed by atoms with Crippen molar-refractivity contribution in [2.75, 3.05) is 17.2 Å². The minimum Gasteiger partial charge on any atom is -0.394 e. The second kappa shape index (κ2) is 9.09. The molecule has 0 radical (unpaired) electrons. The maximum Gasteiger partial charge on any atom is 0.225 e. The van der Waals surface area contributed by atoms with Crippen molar-refractivity contribution in [3.63, 3.8) is 0 Å². The highest BCUT2D eigenvalue weighted by Gasteiger charge is 2.15. The van der Waals surface area contributed by atoms with Crippen molar-refractivity contribution in [1.29, 1.82) is 0 Å². The van der Waals surface area contributed by atoms with E-state index in [1.807, 2.05) is 56.3 Å². The van der Waals surface area contributed by atoms with Crippen molar-refractivity contribution < 1.29 is 5.11 Å². The third-order valence-electron chi connectivity index (χ3n) is 4.29. The minimum absolute atomic E-state index is 0.0155. The smallest absolute Gasteiger partial charge is 0.225 e. The van der Waals surface area contributed by atoms with Gasteiger partial charge in [0.05, 0.1) is 24.0 Å². The molecule has 0 aliphatic carbocycles. The molecule has 27 heavy (non-hydrogen) atoms. The molecule has 0 aliphatic rings. The first-order valence-corrected chi connectivity index (χ1v) is 9.11. The SMILES string of the molecule is CC(C)[C@H](CO)Nc1nc(NCc2ccccc2)cc(-c2ccccn2)n1. The van der Waals surface area contributed by atoms with Gasteiger partial charge in [0, 0.05) is 18.8 Å². The summed E-state index contributed by atoms with van der Waals surface area (Å²) >= 11 is 0. The van der Waals surface area contributed by atoms with Crippen LogP contribution in [0.1, 0.15) is 19.4 Å². The number of hydrogen-bond acceptors (Lipinski definition) is 6. The third kappa shape index (κ3) is 5.24. The Balaban J connectivity index is 1.88. The van der Waals surface area contributed by atoms with Gasteiger partial charge in [-0.1, -0.05) is 50.2 Å². The lowest BCUT2D eigenvalue weighted by Crippen LogP contribution is -2.30. The molecular formula is C21H25N5O. The first-order valence-electron chi connectivity index (χ1n) is 9.11. The Labute approximate surface area is 159 Å². The summed E-state index contributed by atoms with van der Waals surface area (Å²) in [7, 11) is 0. The molecule has 1 atom stereocenters. The molecule has 2 heterocycles. The lowest BCUT2D eigenvalue weighted by molar-refractivity contribution is 0.248. The summed E-state index contributed by atoms with van der Waals surface area (Å²) < 4.78 is 0. The predicted octanol–water partition coefficient (Wildman–Crippen LogP) is 3.58. The van der Waals surface area contributed by atoms with Gasteiger partial charge >= 0.3 is 0 Å². The molecule has 3 N–H and O–H groups in total. The van der Waals surface area contributed by atoms with Crippen LogP contribution in [0.4, 0.5) is 11.8 Å². The van der Waals surface area contributed by atoms with Gasteiger partial charge in [-0.25, -0.2) is 4.98 Å². The number of aliphatic hydroxyl groups excluding tert-OH is 1. The second-order valence-electron chi connectivity index (χ2n) is 6.69. The summed E-state index contributed by atoms with van der Waals surface area (Å²) in [5, 5.41) is 16.2. The first kappa shape index (κ1) is 18.8. The fraction of sp³-hybridized carbons (Fsp3) is 0.286. The zero-order valence-electron chi connectivity index (χ0n) is 15.6. The van der Waals surface area contributed by atoms with Crippen LogP contribution in [0.3, 0.4) is 0 Å². The molecule has 1 aromatic carbocycles. The van der Waals surface area contributed by atoms with Gasteiger partial charge < -0.3 is 15.7 Å². The zero-order chi connectivity index (χ0) is 19.1. The molecule has 0 amide bonds. The van der Waals surface area contributed by atoms with Gasteiger partial charge in [0.1, 0.15) is 5.82 Å². The lowest BCUT2D eigenvalue weighted by Gasteiger charge is -2.20. The van der Waals surface area contributed by atoms with Gasteiger partial charge in [0.15, 0.2) is 0 Å². The van der Waals surface area contributed by atoms with Crippen molar-refractivity contribution in [3.8, 4) is 11.4 Å². The fourth-order valence-corrected chi connectivity index (χ4v) is 2.63. The van der Waals surface area contributed by atoms with Crippen LogP contribution in [0.25, 0.3) is 11.4 Å². The van der Waals surface area contributed by atoms with E-state index in [2.05, 4.69) is 37.7 Å². The van der Waals surface area contributed by atoms with Crippen LogP contribution < -0.4 is 10.6 Å². The highest BCUT2D eigenvalue weighted by atomic mass is 16.3. The van der Waals surface area contributed by atoms with Crippen molar-refractivity contribution in [1.82, 2.24) is 15.0 Å². The number of benzene rings is 1. The summed E-state index contributed by atoms with van der Waals surface area (Å²) in [6.07, 6.45) is 1.74. The van der Waals surface area contributed by atoms with Gasteiger partial charge in [-0.15, -0.1) is 0 Å². The average molecular weight is 363 g/mol. The largest absolute Gasteiger partial charge is 0.394 e. The van der Waals surface area contributed by atoms with E-state index >= 15 is 0 Å². The Morgan fingerprint density at radius 3 is 2.41 bits per heavy atom. The number of aromatic nitrogens is 3. The molecule has 2 aromatic heterocycles. The number of aliphatic hydroxyl groups is 1. The quantitative estimate of drug-likeness (QED) is 0.567. The van der Waals surface area contributed by atoms with Crippen molar-refractivity contribution in [2.45, 2.75) is 26.4 Å². The molecule has 0 unspecified atom stereocenters. The van der Waals surface area contributed by atoms with Crippen LogP contribution in [0.2, 0.25) is 0 Å². The molecule has 0 saturated heterocycles. The Bertz CT molecular complexity index is 840. The highest BCUT2D eigenvalue weighted by molar-refractivity contribution is 5.61. The molecule has 3 aromatic rings. The molecule has 0 aliphatic heterocycles. The summed E-state index contributed by atoms with van der Waals surface area (Å²) in [6.45, 7) is 4.77. The number of nitrogens with zero attached hydrogens (tertiary/aromatic N) is 3. The van der Waals surface area contributed by atoms with Gasteiger partial charge in [-0.05, 0) is 23.6 Å². The van der Waals surface area contributed by atoms with E-state index in [0.717, 1.165) is 11.4 Å². The first-order chi connectivity index (χ1) is 13.2. The van der Waals surface area contributed by atoms with E-state index in [-0.39, 0.29) is 18.6 Å². The molecule has 0 bridgehead atoms. The van der Waals surface area contributed by atoms with Gasteiger partial charge in [0.25, 0.3) is 0 Å². The summed E-state index contributed by atoms with van der Waals surface area (Å²) in [6, 6.07) is 17.6. The van der Waals surface area contributed by atoms with Crippen LogP contribution in [-0.2, 0) is 6.54 Å². The Morgan fingerprint density at radius 1 is 0.963 bits per heavy atom. The maximum atomic E-state index is 9.62. The van der Waals surface area contributed by atoms with Crippen LogP contribution in [0, 0.1) is 5.92 Å². The Morgan fingerprint density at radius 2 is 1.74 bits per heavy atom. The van der Waals surface area contributed by atoms with Gasteiger partial charge in [-0.2, -0.15) is 4.98 Å². The summed E-state index contributed by atoms with van der Waals surface area (Å²) in [5.41, 5.74) is 2.67. The van der Waals surface area contributed by atoms with E-state index in [1.54, 1.807) is 6.20 Å². The predicted molar refractivity (Wildman–Crippen MR) is 108 cm³/mol. The average Bonchev–Trinajstić information content (AvgIpc) is 2.71. The van der Waals surface area contributed by atoms with Crippen LogP contribution >= 0.6 is 0 Å². The molecular weight excluding hydrogens is 338 g/mol. The maximum absolute atomic E-state index is 9.62. The van der Waals surface area contributed by atoms with Crippen molar-refractivity contribution >= 4 is 11.8 Å². The van der Waals surface area contributed by atoms with Gasteiger partial charge in [0.2, 0.25) is 5.95 Å². The van der Waals surface area contributed by atoms with E-state index in [4.69, 9.17) is 0 Å². The number of anilines is 2. The van der Waals surface area contributed by atoms with Crippen LogP contribution in [0.5, 0.6) is 0 Å². The molecule has 0 fully saturated rings. The zero-order valence-corrected chi connectivity index (χ0v) is 15.6. The van der Waals surface area contributed by atoms with Crippen molar-refractivity contribution in [2.24, 2.45) is 5.92 Å². The van der Waals surface area contributed by atoms with E-state index in [9.17, 15) is 5.11 Å². The number of nitrogens with one attached hydrogen (secondary N) is 2. The number of pyridine rings is 1. The third-order valence-corrected chi connectivity index (χ3v) is 4.29. The Kier molecular flexibility index (Phi) is 6.33. The monoisotopic (exact) mass is 363 g/mol. The van der Waals surface area contributed by atoms with E-state index < -0.39 is 0 Å². The minimum atomic E-state index is -0.119.